The molecule has 2 atom stereocenters. The first-order valence-electron chi connectivity index (χ1n) is 8.59. The molecule has 1 amide bonds. The Morgan fingerprint density at radius 2 is 1.95 bits per heavy atom. The first-order valence-corrected chi connectivity index (χ1v) is 8.59. The molecule has 1 saturated carbocycles. The van der Waals surface area contributed by atoms with Crippen molar-refractivity contribution in [2.45, 2.75) is 37.9 Å². The number of rotatable bonds is 4. The van der Waals surface area contributed by atoms with Crippen LogP contribution in [0.3, 0.4) is 0 Å². The normalized spacial score (nSPS) is 29.5. The zero-order chi connectivity index (χ0) is 14.9. The molecule has 2 unspecified atom stereocenters. The fourth-order valence-corrected chi connectivity index (χ4v) is 3.87. The van der Waals surface area contributed by atoms with E-state index < -0.39 is 0 Å². The second-order valence-electron chi connectivity index (χ2n) is 7.05. The molecule has 0 spiro atoms. The van der Waals surface area contributed by atoms with Crippen molar-refractivity contribution in [3.8, 4) is 0 Å². The summed E-state index contributed by atoms with van der Waals surface area (Å²) in [5, 5.41) is 3.46. The van der Waals surface area contributed by atoms with Gasteiger partial charge in [-0.1, -0.05) is 30.3 Å². The molecule has 22 heavy (non-hydrogen) atoms. The van der Waals surface area contributed by atoms with Crippen LogP contribution in [0.15, 0.2) is 30.3 Å². The zero-order valence-electron chi connectivity index (χ0n) is 13.1. The molecule has 118 valence electrons. The van der Waals surface area contributed by atoms with Gasteiger partial charge in [-0.25, -0.2) is 0 Å². The molecule has 4 heteroatoms. The average molecular weight is 299 g/mol. The minimum atomic E-state index is 0.248. The van der Waals surface area contributed by atoms with E-state index in [9.17, 15) is 4.79 Å². The highest BCUT2D eigenvalue weighted by atomic mass is 16.2. The summed E-state index contributed by atoms with van der Waals surface area (Å²) >= 11 is 0. The largest absolute Gasteiger partial charge is 0.331 e. The van der Waals surface area contributed by atoms with Crippen molar-refractivity contribution in [3.05, 3.63) is 35.9 Å². The molecule has 0 aromatic heterocycles. The van der Waals surface area contributed by atoms with Gasteiger partial charge in [0.2, 0.25) is 5.91 Å². The van der Waals surface area contributed by atoms with E-state index in [-0.39, 0.29) is 5.91 Å². The van der Waals surface area contributed by atoms with Crippen LogP contribution in [0.1, 0.15) is 24.8 Å². The van der Waals surface area contributed by atoms with Gasteiger partial charge in [0.15, 0.2) is 0 Å². The van der Waals surface area contributed by atoms with Gasteiger partial charge in [0.25, 0.3) is 0 Å². The Hall–Kier alpha value is -1.39. The highest BCUT2D eigenvalue weighted by Crippen LogP contribution is 2.31. The maximum atomic E-state index is 12.4. The second kappa shape index (κ2) is 6.01. The van der Waals surface area contributed by atoms with Gasteiger partial charge in [0.1, 0.15) is 0 Å². The van der Waals surface area contributed by atoms with E-state index in [0.29, 0.717) is 18.6 Å². The number of fused-ring (bicyclic) bond motifs is 1. The minimum absolute atomic E-state index is 0.248. The van der Waals surface area contributed by atoms with E-state index in [4.69, 9.17) is 0 Å². The number of carbonyl (C=O) groups is 1. The second-order valence-corrected chi connectivity index (χ2v) is 7.05. The van der Waals surface area contributed by atoms with Gasteiger partial charge in [0.05, 0.1) is 12.6 Å². The highest BCUT2D eigenvalue weighted by Gasteiger charge is 2.40. The van der Waals surface area contributed by atoms with Crippen molar-refractivity contribution in [1.82, 2.24) is 15.1 Å². The number of hydrogen-bond acceptors (Lipinski definition) is 3. The van der Waals surface area contributed by atoms with Crippen LogP contribution in [0.5, 0.6) is 0 Å². The molecule has 2 aliphatic heterocycles. The summed E-state index contributed by atoms with van der Waals surface area (Å²) in [6.45, 7) is 4.69. The summed E-state index contributed by atoms with van der Waals surface area (Å²) in [7, 11) is 0. The molecule has 1 aromatic rings. The predicted octanol–water partition coefficient (Wildman–Crippen LogP) is 1.47. The van der Waals surface area contributed by atoms with Crippen LogP contribution in [0.2, 0.25) is 0 Å². The number of hydrogen-bond donors (Lipinski definition) is 1. The van der Waals surface area contributed by atoms with E-state index in [1.165, 1.54) is 31.5 Å². The lowest BCUT2D eigenvalue weighted by Crippen LogP contribution is -2.66. The standard InChI is InChI=1S/C18H25N3O/c22-18-10-19-16-8-9-20(11-15-6-7-15)13-17(16)21(18)12-14-4-2-1-3-5-14/h1-5,15-17,19H,6-13H2. The predicted molar refractivity (Wildman–Crippen MR) is 86.4 cm³/mol. The minimum Gasteiger partial charge on any atom is -0.331 e. The van der Waals surface area contributed by atoms with E-state index in [2.05, 4.69) is 39.4 Å². The molecule has 4 rings (SSSR count). The molecule has 4 nitrogen and oxygen atoms in total. The molecular formula is C18H25N3O. The molecule has 1 N–H and O–H groups in total. The van der Waals surface area contributed by atoms with Crippen molar-refractivity contribution in [1.29, 1.82) is 0 Å². The summed E-state index contributed by atoms with van der Waals surface area (Å²) < 4.78 is 0. The first kappa shape index (κ1) is 14.2. The van der Waals surface area contributed by atoms with Crippen LogP contribution < -0.4 is 5.32 Å². The number of piperidine rings is 1. The number of amides is 1. The molecule has 2 saturated heterocycles. The van der Waals surface area contributed by atoms with Gasteiger partial charge in [-0.2, -0.15) is 0 Å². The Kier molecular flexibility index (Phi) is 3.89. The van der Waals surface area contributed by atoms with E-state index >= 15 is 0 Å². The Morgan fingerprint density at radius 1 is 1.14 bits per heavy atom. The van der Waals surface area contributed by atoms with Crippen LogP contribution in [0.25, 0.3) is 0 Å². The van der Waals surface area contributed by atoms with E-state index in [1.807, 2.05) is 6.07 Å². The van der Waals surface area contributed by atoms with Crippen LogP contribution >= 0.6 is 0 Å². The third-order valence-corrected chi connectivity index (χ3v) is 5.31. The van der Waals surface area contributed by atoms with Crippen LogP contribution in [-0.2, 0) is 11.3 Å². The fraction of sp³-hybridized carbons (Fsp3) is 0.611. The van der Waals surface area contributed by atoms with Crippen molar-refractivity contribution >= 4 is 5.91 Å². The van der Waals surface area contributed by atoms with Crippen LogP contribution in [0, 0.1) is 5.92 Å². The number of benzene rings is 1. The van der Waals surface area contributed by atoms with Gasteiger partial charge >= 0.3 is 0 Å². The fourth-order valence-electron chi connectivity index (χ4n) is 3.87. The molecule has 0 radical (unpaired) electrons. The lowest BCUT2D eigenvalue weighted by Gasteiger charge is -2.47. The molecule has 3 aliphatic rings. The summed E-state index contributed by atoms with van der Waals surface area (Å²) in [6, 6.07) is 11.2. The molecule has 1 aromatic carbocycles. The third-order valence-electron chi connectivity index (χ3n) is 5.31. The smallest absolute Gasteiger partial charge is 0.237 e. The lowest BCUT2D eigenvalue weighted by atomic mass is 9.94. The molecule has 0 bridgehead atoms. The van der Waals surface area contributed by atoms with Crippen LogP contribution in [0.4, 0.5) is 0 Å². The zero-order valence-corrected chi connectivity index (χ0v) is 13.1. The van der Waals surface area contributed by atoms with Gasteiger partial charge in [-0.15, -0.1) is 0 Å². The summed E-state index contributed by atoms with van der Waals surface area (Å²) in [4.78, 5) is 17.1. The number of nitrogens with one attached hydrogen (secondary N) is 1. The maximum absolute atomic E-state index is 12.4. The Morgan fingerprint density at radius 3 is 2.73 bits per heavy atom. The average Bonchev–Trinajstić information content (AvgIpc) is 3.35. The Balaban J connectivity index is 1.48. The summed E-state index contributed by atoms with van der Waals surface area (Å²) in [5.74, 6) is 1.17. The lowest BCUT2D eigenvalue weighted by molar-refractivity contribution is -0.139. The SMILES string of the molecule is O=C1CNC2CCN(CC3CC3)CC2N1Cc1ccccc1. The first-order chi connectivity index (χ1) is 10.8. The van der Waals surface area contributed by atoms with Crippen LogP contribution in [-0.4, -0.2) is 54.0 Å². The number of carbonyl (C=O) groups excluding carboxylic acids is 1. The molecule has 3 fully saturated rings. The maximum Gasteiger partial charge on any atom is 0.237 e. The molecular weight excluding hydrogens is 274 g/mol. The number of likely N-dealkylation sites (tertiary alicyclic amines) is 1. The molecule has 2 heterocycles. The van der Waals surface area contributed by atoms with Gasteiger partial charge < -0.3 is 15.1 Å². The number of nitrogens with zero attached hydrogens (tertiary/aromatic N) is 2. The quantitative estimate of drug-likeness (QED) is 0.914. The highest BCUT2D eigenvalue weighted by molar-refractivity contribution is 5.79. The Bertz CT molecular complexity index is 528. The van der Waals surface area contributed by atoms with E-state index in [1.54, 1.807) is 0 Å². The summed E-state index contributed by atoms with van der Waals surface area (Å²) in [5.41, 5.74) is 1.23. The molecule has 1 aliphatic carbocycles. The van der Waals surface area contributed by atoms with Gasteiger partial charge in [-0.05, 0) is 37.3 Å². The van der Waals surface area contributed by atoms with Crippen molar-refractivity contribution in [3.63, 3.8) is 0 Å². The van der Waals surface area contributed by atoms with Crippen molar-refractivity contribution < 1.29 is 4.79 Å². The van der Waals surface area contributed by atoms with Gasteiger partial charge in [0, 0.05) is 25.7 Å². The number of piperazine rings is 1. The Labute approximate surface area is 132 Å². The summed E-state index contributed by atoms with van der Waals surface area (Å²) in [6.07, 6.45) is 3.96. The van der Waals surface area contributed by atoms with Crippen molar-refractivity contribution in [2.24, 2.45) is 5.92 Å². The third kappa shape index (κ3) is 3.03. The van der Waals surface area contributed by atoms with Crippen molar-refractivity contribution in [2.75, 3.05) is 26.2 Å². The monoisotopic (exact) mass is 299 g/mol. The van der Waals surface area contributed by atoms with Gasteiger partial charge in [-0.3, -0.25) is 4.79 Å². The van der Waals surface area contributed by atoms with E-state index in [0.717, 1.165) is 25.4 Å². The topological polar surface area (TPSA) is 35.6 Å².